The maximum Gasteiger partial charge on any atom is 0.329 e. The van der Waals surface area contributed by atoms with Crippen molar-refractivity contribution in [3.63, 3.8) is 0 Å². The highest BCUT2D eigenvalue weighted by molar-refractivity contribution is 7.09. The van der Waals surface area contributed by atoms with E-state index >= 15 is 0 Å². The predicted octanol–water partition coefficient (Wildman–Crippen LogP) is -0.634. The van der Waals surface area contributed by atoms with Gasteiger partial charge in [-0.25, -0.2) is 4.79 Å². The van der Waals surface area contributed by atoms with Crippen LogP contribution in [0.15, 0.2) is 17.5 Å². The number of piperazine rings is 1. The van der Waals surface area contributed by atoms with Gasteiger partial charge in [0.1, 0.15) is 25.3 Å². The number of fused-ring (bicyclic) bond motifs is 1. The molecule has 0 bridgehead atoms. The van der Waals surface area contributed by atoms with Crippen LogP contribution in [-0.4, -0.2) is 71.6 Å². The molecule has 3 N–H and O–H groups in total. The first-order chi connectivity index (χ1) is 12.9. The second-order valence-electron chi connectivity index (χ2n) is 6.57. The van der Waals surface area contributed by atoms with Crippen LogP contribution >= 0.6 is 11.3 Å². The lowest BCUT2D eigenvalue weighted by atomic mass is 9.92. The summed E-state index contributed by atoms with van der Waals surface area (Å²) in [5, 5.41) is 16.0. The number of carbonyl (C=O) groups is 4. The monoisotopic (exact) mass is 395 g/mol. The summed E-state index contributed by atoms with van der Waals surface area (Å²) in [6.07, 6.45) is 1.34. The zero-order valence-electron chi connectivity index (χ0n) is 14.6. The number of piperidine rings is 1. The van der Waals surface area contributed by atoms with E-state index in [0.717, 1.165) is 4.88 Å². The van der Waals surface area contributed by atoms with Crippen molar-refractivity contribution < 1.29 is 29.0 Å². The second-order valence-corrected chi connectivity index (χ2v) is 7.60. The highest BCUT2D eigenvalue weighted by Gasteiger charge is 2.44. The SMILES string of the molecule is O=C(O)COCC(=O)NC1CCN2C(=O)C(Cc3cccs3)NC(=O)C2C1. The van der Waals surface area contributed by atoms with Crippen molar-refractivity contribution in [2.24, 2.45) is 0 Å². The van der Waals surface area contributed by atoms with Crippen LogP contribution in [0.3, 0.4) is 0 Å². The Morgan fingerprint density at radius 2 is 2.19 bits per heavy atom. The number of nitrogens with one attached hydrogen (secondary N) is 2. The topological polar surface area (TPSA) is 125 Å². The third kappa shape index (κ3) is 4.83. The van der Waals surface area contributed by atoms with Crippen LogP contribution in [0, 0.1) is 0 Å². The number of ether oxygens (including phenoxy) is 1. The Hall–Kier alpha value is -2.46. The van der Waals surface area contributed by atoms with Crippen molar-refractivity contribution in [2.45, 2.75) is 37.4 Å². The average Bonchev–Trinajstić information content (AvgIpc) is 3.12. The number of hydrogen-bond acceptors (Lipinski definition) is 6. The van der Waals surface area contributed by atoms with Gasteiger partial charge in [-0.15, -0.1) is 11.3 Å². The van der Waals surface area contributed by atoms with Crippen LogP contribution in [0.2, 0.25) is 0 Å². The second kappa shape index (κ2) is 8.49. The van der Waals surface area contributed by atoms with E-state index in [2.05, 4.69) is 10.6 Å². The molecular weight excluding hydrogens is 374 g/mol. The van der Waals surface area contributed by atoms with Gasteiger partial charge in [0, 0.05) is 23.9 Å². The molecule has 0 saturated carbocycles. The van der Waals surface area contributed by atoms with Crippen molar-refractivity contribution in [2.75, 3.05) is 19.8 Å². The Balaban J connectivity index is 1.53. The summed E-state index contributed by atoms with van der Waals surface area (Å²) >= 11 is 1.55. The fourth-order valence-corrected chi connectivity index (χ4v) is 4.16. The summed E-state index contributed by atoms with van der Waals surface area (Å²) in [6, 6.07) is 2.43. The summed E-state index contributed by atoms with van der Waals surface area (Å²) in [5.74, 6) is -1.89. The first kappa shape index (κ1) is 19.3. The normalized spacial score (nSPS) is 24.9. The van der Waals surface area contributed by atoms with Crippen LogP contribution in [-0.2, 0) is 30.3 Å². The number of rotatable bonds is 7. The maximum atomic E-state index is 12.7. The Morgan fingerprint density at radius 3 is 2.89 bits per heavy atom. The van der Waals surface area contributed by atoms with E-state index in [9.17, 15) is 19.2 Å². The molecule has 3 atom stereocenters. The number of carbonyl (C=O) groups excluding carboxylic acids is 3. The molecule has 0 aliphatic carbocycles. The molecule has 1 aromatic heterocycles. The molecule has 0 radical (unpaired) electrons. The quantitative estimate of drug-likeness (QED) is 0.564. The van der Waals surface area contributed by atoms with Gasteiger partial charge in [-0.1, -0.05) is 6.07 Å². The van der Waals surface area contributed by atoms with Gasteiger partial charge in [0.05, 0.1) is 0 Å². The molecule has 2 aliphatic heterocycles. The third-order valence-electron chi connectivity index (χ3n) is 4.61. The largest absolute Gasteiger partial charge is 0.480 e. The van der Waals surface area contributed by atoms with Crippen LogP contribution in [0.25, 0.3) is 0 Å². The minimum absolute atomic E-state index is 0.0948. The average molecular weight is 395 g/mol. The number of thiophene rings is 1. The van der Waals surface area contributed by atoms with E-state index in [1.165, 1.54) is 0 Å². The summed E-state index contributed by atoms with van der Waals surface area (Å²) in [6.45, 7) is -0.513. The van der Waals surface area contributed by atoms with Crippen LogP contribution in [0.4, 0.5) is 0 Å². The molecule has 1 aromatic rings. The van der Waals surface area contributed by atoms with Crippen LogP contribution in [0.1, 0.15) is 17.7 Å². The summed E-state index contributed by atoms with van der Waals surface area (Å²) < 4.78 is 4.75. The lowest BCUT2D eigenvalue weighted by Crippen LogP contribution is -2.67. The number of aliphatic carboxylic acids is 1. The summed E-state index contributed by atoms with van der Waals surface area (Å²) in [7, 11) is 0. The standard InChI is InChI=1S/C17H21N3O6S/c21-14(8-26-9-15(22)23)18-10-3-4-20-13(6-10)16(24)19-12(17(20)25)7-11-2-1-5-27-11/h1-2,5,10,12-13H,3-4,6-9H2,(H,18,21)(H,19,24)(H,22,23). The number of nitrogens with zero attached hydrogens (tertiary/aromatic N) is 1. The molecule has 3 rings (SSSR count). The highest BCUT2D eigenvalue weighted by Crippen LogP contribution is 2.24. The Bertz CT molecular complexity index is 722. The van der Waals surface area contributed by atoms with E-state index in [-0.39, 0.29) is 24.5 Å². The Labute approximate surface area is 159 Å². The molecule has 3 heterocycles. The molecule has 0 spiro atoms. The van der Waals surface area contributed by atoms with E-state index in [0.29, 0.717) is 25.8 Å². The van der Waals surface area contributed by atoms with Gasteiger partial charge in [0.25, 0.3) is 0 Å². The molecular formula is C17H21N3O6S. The van der Waals surface area contributed by atoms with Gasteiger partial charge in [0.15, 0.2) is 0 Å². The van der Waals surface area contributed by atoms with Crippen molar-refractivity contribution in [1.82, 2.24) is 15.5 Å². The molecule has 2 saturated heterocycles. The Morgan fingerprint density at radius 1 is 1.37 bits per heavy atom. The molecule has 146 valence electrons. The number of hydrogen-bond donors (Lipinski definition) is 3. The van der Waals surface area contributed by atoms with Crippen molar-refractivity contribution in [3.05, 3.63) is 22.4 Å². The maximum absolute atomic E-state index is 12.7. The molecule has 27 heavy (non-hydrogen) atoms. The highest BCUT2D eigenvalue weighted by atomic mass is 32.1. The predicted molar refractivity (Wildman–Crippen MR) is 95.1 cm³/mol. The van der Waals surface area contributed by atoms with Crippen molar-refractivity contribution in [1.29, 1.82) is 0 Å². The van der Waals surface area contributed by atoms with E-state index in [1.54, 1.807) is 16.2 Å². The molecule has 3 unspecified atom stereocenters. The Kier molecular flexibility index (Phi) is 6.07. The fourth-order valence-electron chi connectivity index (χ4n) is 3.41. The summed E-state index contributed by atoms with van der Waals surface area (Å²) in [4.78, 5) is 50.0. The van der Waals surface area contributed by atoms with Crippen LogP contribution < -0.4 is 10.6 Å². The van der Waals surface area contributed by atoms with Crippen molar-refractivity contribution >= 4 is 35.0 Å². The fraction of sp³-hybridized carbons (Fsp3) is 0.529. The molecule has 2 fully saturated rings. The van der Waals surface area contributed by atoms with Gasteiger partial charge in [0.2, 0.25) is 17.7 Å². The minimum atomic E-state index is -1.15. The molecule has 3 amide bonds. The third-order valence-corrected chi connectivity index (χ3v) is 5.51. The van der Waals surface area contributed by atoms with Gasteiger partial charge in [-0.05, 0) is 24.3 Å². The molecule has 9 nitrogen and oxygen atoms in total. The minimum Gasteiger partial charge on any atom is -0.480 e. The summed E-state index contributed by atoms with van der Waals surface area (Å²) in [5.41, 5.74) is 0. The molecule has 0 aromatic carbocycles. The smallest absolute Gasteiger partial charge is 0.329 e. The molecule has 2 aliphatic rings. The zero-order valence-corrected chi connectivity index (χ0v) is 15.4. The number of amides is 3. The van der Waals surface area contributed by atoms with Gasteiger partial charge >= 0.3 is 5.97 Å². The van der Waals surface area contributed by atoms with E-state index in [1.807, 2.05) is 17.5 Å². The van der Waals surface area contributed by atoms with Crippen molar-refractivity contribution in [3.8, 4) is 0 Å². The van der Waals surface area contributed by atoms with Crippen LogP contribution in [0.5, 0.6) is 0 Å². The first-order valence-electron chi connectivity index (χ1n) is 8.66. The van der Waals surface area contributed by atoms with Gasteiger partial charge in [-0.2, -0.15) is 0 Å². The zero-order chi connectivity index (χ0) is 19.4. The lowest BCUT2D eigenvalue weighted by Gasteiger charge is -2.44. The lowest BCUT2D eigenvalue weighted by molar-refractivity contribution is -0.152. The van der Waals surface area contributed by atoms with Gasteiger partial charge < -0.3 is 25.4 Å². The first-order valence-corrected chi connectivity index (χ1v) is 9.54. The number of carboxylic acid groups (broad SMARTS) is 1. The number of carboxylic acids is 1. The van der Waals surface area contributed by atoms with E-state index in [4.69, 9.17) is 9.84 Å². The van der Waals surface area contributed by atoms with E-state index < -0.39 is 30.6 Å². The van der Waals surface area contributed by atoms with Gasteiger partial charge in [-0.3, -0.25) is 14.4 Å². The molecule has 10 heteroatoms.